The lowest BCUT2D eigenvalue weighted by Crippen LogP contribution is -2.49. The first-order chi connectivity index (χ1) is 12.6. The maximum atomic E-state index is 4.53. The predicted molar refractivity (Wildman–Crippen MR) is 108 cm³/mol. The van der Waals surface area contributed by atoms with Gasteiger partial charge in [-0.3, -0.25) is 4.99 Å². The van der Waals surface area contributed by atoms with Gasteiger partial charge in [-0.05, 0) is 38.2 Å². The molecule has 2 unspecified atom stereocenters. The molecule has 2 atom stereocenters. The molecule has 1 aliphatic heterocycles. The number of likely N-dealkylation sites (tertiary alicyclic amines) is 1. The lowest BCUT2D eigenvalue weighted by molar-refractivity contribution is 0.189. The van der Waals surface area contributed by atoms with Crippen molar-refractivity contribution in [1.29, 1.82) is 0 Å². The number of guanidine groups is 1. The second-order valence-electron chi connectivity index (χ2n) is 7.51. The van der Waals surface area contributed by atoms with Crippen molar-refractivity contribution in [3.8, 4) is 0 Å². The number of rotatable bonds is 4. The third-order valence-electron chi connectivity index (χ3n) is 5.32. The molecular formula is C21H31N5. The summed E-state index contributed by atoms with van der Waals surface area (Å²) in [5.41, 5.74) is 4.05. The number of benzene rings is 1. The number of aliphatic imine (C=N–C) groups is 1. The molecule has 0 bridgehead atoms. The van der Waals surface area contributed by atoms with E-state index < -0.39 is 0 Å². The van der Waals surface area contributed by atoms with Crippen LogP contribution in [0.3, 0.4) is 0 Å². The van der Waals surface area contributed by atoms with Gasteiger partial charge in [-0.1, -0.05) is 36.2 Å². The molecule has 0 radical (unpaired) electrons. The number of imidazole rings is 1. The van der Waals surface area contributed by atoms with Crippen molar-refractivity contribution in [1.82, 2.24) is 19.8 Å². The van der Waals surface area contributed by atoms with E-state index in [4.69, 9.17) is 0 Å². The molecule has 0 saturated carbocycles. The summed E-state index contributed by atoms with van der Waals surface area (Å²) in [5.74, 6) is 1.65. The molecule has 1 aliphatic rings. The van der Waals surface area contributed by atoms with E-state index >= 15 is 0 Å². The van der Waals surface area contributed by atoms with Gasteiger partial charge in [0.05, 0.1) is 12.4 Å². The first-order valence-corrected chi connectivity index (χ1v) is 9.57. The summed E-state index contributed by atoms with van der Waals surface area (Å²) in [4.78, 5) is 11.1. The number of aromatic nitrogens is 2. The average molecular weight is 354 g/mol. The number of nitrogens with one attached hydrogen (secondary N) is 1. The number of piperidine rings is 1. The van der Waals surface area contributed by atoms with Gasteiger partial charge in [0.15, 0.2) is 5.96 Å². The zero-order valence-corrected chi connectivity index (χ0v) is 16.4. The molecule has 1 aromatic carbocycles. The van der Waals surface area contributed by atoms with Gasteiger partial charge in [0.2, 0.25) is 0 Å². The molecule has 5 heteroatoms. The van der Waals surface area contributed by atoms with Crippen LogP contribution in [-0.4, -0.2) is 47.1 Å². The van der Waals surface area contributed by atoms with Gasteiger partial charge in [-0.2, -0.15) is 0 Å². The van der Waals surface area contributed by atoms with Gasteiger partial charge in [0.1, 0.15) is 0 Å². The Morgan fingerprint density at radius 2 is 2.04 bits per heavy atom. The van der Waals surface area contributed by atoms with Crippen LogP contribution in [0.1, 0.15) is 36.1 Å². The Morgan fingerprint density at radius 3 is 2.69 bits per heavy atom. The first-order valence-electron chi connectivity index (χ1n) is 9.57. The maximum absolute atomic E-state index is 4.53. The molecule has 5 nitrogen and oxygen atoms in total. The Balaban J connectivity index is 1.58. The Morgan fingerprint density at radius 1 is 1.27 bits per heavy atom. The van der Waals surface area contributed by atoms with E-state index in [1.54, 1.807) is 0 Å². The largest absolute Gasteiger partial charge is 0.356 e. The minimum absolute atomic E-state index is 0.448. The van der Waals surface area contributed by atoms with Crippen LogP contribution in [0.4, 0.5) is 0 Å². The fourth-order valence-electron chi connectivity index (χ4n) is 3.96. The Hall–Kier alpha value is -2.30. The van der Waals surface area contributed by atoms with Crippen molar-refractivity contribution in [2.24, 2.45) is 10.9 Å². The lowest BCUT2D eigenvalue weighted by Gasteiger charge is -2.39. The van der Waals surface area contributed by atoms with Crippen LogP contribution >= 0.6 is 0 Å². The van der Waals surface area contributed by atoms with E-state index in [0.717, 1.165) is 32.0 Å². The van der Waals surface area contributed by atoms with Gasteiger partial charge in [-0.25, -0.2) is 4.98 Å². The number of nitrogens with zero attached hydrogens (tertiary/aromatic N) is 4. The van der Waals surface area contributed by atoms with Crippen LogP contribution in [0.25, 0.3) is 0 Å². The molecule has 0 aliphatic carbocycles. The first kappa shape index (κ1) is 18.5. The molecule has 2 aromatic rings. The van der Waals surface area contributed by atoms with Crippen molar-refractivity contribution in [3.05, 3.63) is 53.6 Å². The SMILES string of the molecule is CN=C(NCCc1cc(C)cc(C)c1)N1CCC(C)C(n2ccnc2)C1. The molecule has 1 aromatic heterocycles. The minimum atomic E-state index is 0.448. The normalized spacial score (nSPS) is 21.1. The number of hydrogen-bond donors (Lipinski definition) is 1. The Bertz CT molecular complexity index is 715. The molecule has 3 rings (SSSR count). The molecule has 26 heavy (non-hydrogen) atoms. The zero-order chi connectivity index (χ0) is 18.5. The Labute approximate surface area is 157 Å². The number of hydrogen-bond acceptors (Lipinski definition) is 2. The highest BCUT2D eigenvalue weighted by Gasteiger charge is 2.28. The van der Waals surface area contributed by atoms with Crippen molar-refractivity contribution >= 4 is 5.96 Å². The van der Waals surface area contributed by atoms with Crippen LogP contribution in [-0.2, 0) is 6.42 Å². The fraction of sp³-hybridized carbons (Fsp3) is 0.524. The van der Waals surface area contributed by atoms with Crippen molar-refractivity contribution in [2.75, 3.05) is 26.7 Å². The standard InChI is InChI=1S/C21H31N5/c1-16-11-17(2)13-19(12-16)5-7-24-21(22-4)25-9-6-18(3)20(14-25)26-10-8-23-15-26/h8,10-13,15,18,20H,5-7,9,14H2,1-4H3,(H,22,24). The molecule has 1 N–H and O–H groups in total. The van der Waals surface area contributed by atoms with Crippen molar-refractivity contribution in [3.63, 3.8) is 0 Å². The molecular weight excluding hydrogens is 322 g/mol. The number of aryl methyl sites for hydroxylation is 2. The third kappa shape index (κ3) is 4.45. The monoisotopic (exact) mass is 353 g/mol. The van der Waals surface area contributed by atoms with Crippen LogP contribution < -0.4 is 5.32 Å². The quantitative estimate of drug-likeness (QED) is 0.678. The summed E-state index contributed by atoms with van der Waals surface area (Å²) in [6, 6.07) is 7.22. The highest BCUT2D eigenvalue weighted by Crippen LogP contribution is 2.27. The van der Waals surface area contributed by atoms with Gasteiger partial charge in [-0.15, -0.1) is 0 Å². The molecule has 2 heterocycles. The molecule has 140 valence electrons. The lowest BCUT2D eigenvalue weighted by atomic mass is 9.93. The summed E-state index contributed by atoms with van der Waals surface area (Å²) < 4.78 is 2.24. The van der Waals surface area contributed by atoms with Crippen LogP contribution in [0, 0.1) is 19.8 Å². The van der Waals surface area contributed by atoms with Gasteiger partial charge in [0.25, 0.3) is 0 Å². The second-order valence-corrected chi connectivity index (χ2v) is 7.51. The fourth-order valence-corrected chi connectivity index (χ4v) is 3.96. The van der Waals surface area contributed by atoms with E-state index in [1.807, 2.05) is 19.6 Å². The van der Waals surface area contributed by atoms with Crippen LogP contribution in [0.2, 0.25) is 0 Å². The van der Waals surface area contributed by atoms with Gasteiger partial charge in [0, 0.05) is 39.1 Å². The second kappa shape index (κ2) is 8.39. The minimum Gasteiger partial charge on any atom is -0.356 e. The van der Waals surface area contributed by atoms with E-state index in [2.05, 4.69) is 69.9 Å². The topological polar surface area (TPSA) is 45.5 Å². The van der Waals surface area contributed by atoms with Crippen molar-refractivity contribution in [2.45, 2.75) is 39.7 Å². The van der Waals surface area contributed by atoms with E-state index in [1.165, 1.54) is 23.1 Å². The Kier molecular flexibility index (Phi) is 5.96. The smallest absolute Gasteiger partial charge is 0.193 e. The summed E-state index contributed by atoms with van der Waals surface area (Å²) in [5, 5.41) is 3.56. The molecule has 0 spiro atoms. The van der Waals surface area contributed by atoms with Gasteiger partial charge < -0.3 is 14.8 Å². The summed E-state index contributed by atoms with van der Waals surface area (Å²) in [7, 11) is 1.88. The average Bonchev–Trinajstić information content (AvgIpc) is 3.13. The highest BCUT2D eigenvalue weighted by atomic mass is 15.3. The molecule has 1 fully saturated rings. The maximum Gasteiger partial charge on any atom is 0.193 e. The van der Waals surface area contributed by atoms with Crippen molar-refractivity contribution < 1.29 is 0 Å². The highest BCUT2D eigenvalue weighted by molar-refractivity contribution is 5.80. The van der Waals surface area contributed by atoms with Crippen LogP contribution in [0.15, 0.2) is 41.9 Å². The summed E-state index contributed by atoms with van der Waals surface area (Å²) >= 11 is 0. The molecule has 1 saturated heterocycles. The van der Waals surface area contributed by atoms with E-state index in [9.17, 15) is 0 Å². The van der Waals surface area contributed by atoms with Gasteiger partial charge >= 0.3 is 0 Å². The zero-order valence-electron chi connectivity index (χ0n) is 16.4. The van der Waals surface area contributed by atoms with E-state index in [-0.39, 0.29) is 0 Å². The summed E-state index contributed by atoms with van der Waals surface area (Å²) in [6.07, 6.45) is 8.04. The third-order valence-corrected chi connectivity index (χ3v) is 5.32. The predicted octanol–water partition coefficient (Wildman–Crippen LogP) is 3.20. The van der Waals surface area contributed by atoms with E-state index in [0.29, 0.717) is 12.0 Å². The summed E-state index contributed by atoms with van der Waals surface area (Å²) in [6.45, 7) is 9.58. The molecule has 0 amide bonds. The van der Waals surface area contributed by atoms with Crippen LogP contribution in [0.5, 0.6) is 0 Å².